The molecule has 14 heavy (non-hydrogen) atoms. The molecule has 0 amide bonds. The number of benzene rings is 1. The Hall–Kier alpha value is -0.930. The van der Waals surface area contributed by atoms with E-state index in [-0.39, 0.29) is 6.04 Å². The summed E-state index contributed by atoms with van der Waals surface area (Å²) < 4.78 is 1.26. The minimum atomic E-state index is 0.191. The number of nitrogens with two attached hydrogens (primary N) is 1. The SMILES string of the molecule is Cc1ccc2nc(CC(C)N)sc2c1. The highest BCUT2D eigenvalue weighted by Crippen LogP contribution is 2.23. The lowest BCUT2D eigenvalue weighted by molar-refractivity contribution is 0.735. The first-order valence-corrected chi connectivity index (χ1v) is 5.58. The van der Waals surface area contributed by atoms with Gasteiger partial charge in [-0.3, -0.25) is 0 Å². The Labute approximate surface area is 87.8 Å². The summed E-state index contributed by atoms with van der Waals surface area (Å²) in [6.07, 6.45) is 0.873. The standard InChI is InChI=1S/C11H14N2S/c1-7-3-4-9-10(5-7)14-11(13-9)6-8(2)12/h3-5,8H,6,12H2,1-2H3. The van der Waals surface area contributed by atoms with Crippen LogP contribution in [0.15, 0.2) is 18.2 Å². The summed E-state index contributed by atoms with van der Waals surface area (Å²) in [5, 5.41) is 1.14. The fourth-order valence-corrected chi connectivity index (χ4v) is 2.65. The fraction of sp³-hybridized carbons (Fsp3) is 0.364. The van der Waals surface area contributed by atoms with Crippen molar-refractivity contribution in [1.82, 2.24) is 4.98 Å². The van der Waals surface area contributed by atoms with E-state index in [2.05, 4.69) is 30.1 Å². The largest absolute Gasteiger partial charge is 0.328 e. The van der Waals surface area contributed by atoms with Gasteiger partial charge in [0.25, 0.3) is 0 Å². The Morgan fingerprint density at radius 1 is 1.50 bits per heavy atom. The van der Waals surface area contributed by atoms with Crippen molar-refractivity contribution in [2.75, 3.05) is 0 Å². The van der Waals surface area contributed by atoms with Gasteiger partial charge in [-0.1, -0.05) is 6.07 Å². The molecule has 0 bridgehead atoms. The van der Waals surface area contributed by atoms with Gasteiger partial charge in [-0.15, -0.1) is 11.3 Å². The smallest absolute Gasteiger partial charge is 0.0953 e. The molecule has 1 heterocycles. The molecule has 0 fully saturated rings. The van der Waals surface area contributed by atoms with Gasteiger partial charge < -0.3 is 5.73 Å². The van der Waals surface area contributed by atoms with E-state index in [0.29, 0.717) is 0 Å². The maximum absolute atomic E-state index is 5.74. The number of nitrogens with zero attached hydrogens (tertiary/aromatic N) is 1. The zero-order valence-corrected chi connectivity index (χ0v) is 9.27. The predicted molar refractivity (Wildman–Crippen MR) is 61.7 cm³/mol. The molecule has 0 saturated heterocycles. The summed E-state index contributed by atoms with van der Waals surface area (Å²) in [6.45, 7) is 4.11. The Kier molecular flexibility index (Phi) is 2.52. The lowest BCUT2D eigenvalue weighted by Gasteiger charge is -1.98. The zero-order chi connectivity index (χ0) is 10.1. The van der Waals surface area contributed by atoms with Gasteiger partial charge in [-0.25, -0.2) is 4.98 Å². The molecule has 1 unspecified atom stereocenters. The Morgan fingerprint density at radius 3 is 3.00 bits per heavy atom. The molecule has 0 aliphatic rings. The first-order valence-electron chi connectivity index (χ1n) is 4.77. The molecule has 3 heteroatoms. The summed E-state index contributed by atoms with van der Waals surface area (Å²) in [6, 6.07) is 6.54. The van der Waals surface area contributed by atoms with Crippen LogP contribution >= 0.6 is 11.3 Å². The van der Waals surface area contributed by atoms with Crippen molar-refractivity contribution in [3.8, 4) is 0 Å². The minimum absolute atomic E-state index is 0.191. The van der Waals surface area contributed by atoms with Gasteiger partial charge in [-0.05, 0) is 31.5 Å². The Morgan fingerprint density at radius 2 is 2.29 bits per heavy atom. The average Bonchev–Trinajstić information content (AvgIpc) is 2.44. The molecule has 0 radical (unpaired) electrons. The Bertz CT molecular complexity index is 445. The molecular formula is C11H14N2S. The van der Waals surface area contributed by atoms with E-state index in [9.17, 15) is 0 Å². The second-order valence-corrected chi connectivity index (χ2v) is 4.88. The number of hydrogen-bond acceptors (Lipinski definition) is 3. The molecule has 1 aromatic heterocycles. The van der Waals surface area contributed by atoms with Crippen molar-refractivity contribution in [3.63, 3.8) is 0 Å². The second kappa shape index (κ2) is 3.67. The van der Waals surface area contributed by atoms with E-state index < -0.39 is 0 Å². The molecule has 0 aliphatic carbocycles. The summed E-state index contributed by atoms with van der Waals surface area (Å²) >= 11 is 1.75. The third kappa shape index (κ3) is 1.94. The second-order valence-electron chi connectivity index (χ2n) is 3.76. The lowest BCUT2D eigenvalue weighted by atomic mass is 10.2. The summed E-state index contributed by atoms with van der Waals surface area (Å²) in [4.78, 5) is 4.53. The normalized spacial score (nSPS) is 13.4. The van der Waals surface area contributed by atoms with Crippen molar-refractivity contribution in [1.29, 1.82) is 0 Å². The molecule has 74 valence electrons. The zero-order valence-electron chi connectivity index (χ0n) is 8.45. The van der Waals surface area contributed by atoms with Crippen LogP contribution in [0.4, 0.5) is 0 Å². The predicted octanol–water partition coefficient (Wildman–Crippen LogP) is 2.49. The van der Waals surface area contributed by atoms with Crippen LogP contribution in [0.3, 0.4) is 0 Å². The molecule has 2 N–H and O–H groups in total. The van der Waals surface area contributed by atoms with Crippen LogP contribution in [0.5, 0.6) is 0 Å². The van der Waals surface area contributed by atoms with Gasteiger partial charge >= 0.3 is 0 Å². The topological polar surface area (TPSA) is 38.9 Å². The molecule has 2 nitrogen and oxygen atoms in total. The van der Waals surface area contributed by atoms with E-state index >= 15 is 0 Å². The van der Waals surface area contributed by atoms with Gasteiger partial charge in [0, 0.05) is 12.5 Å². The van der Waals surface area contributed by atoms with Gasteiger partial charge in [-0.2, -0.15) is 0 Å². The van der Waals surface area contributed by atoms with Crippen molar-refractivity contribution >= 4 is 21.6 Å². The number of rotatable bonds is 2. The van der Waals surface area contributed by atoms with Crippen LogP contribution < -0.4 is 5.73 Å². The summed E-state index contributed by atoms with van der Waals surface area (Å²) in [5.41, 5.74) is 8.12. The van der Waals surface area contributed by atoms with Crippen LogP contribution in [0.2, 0.25) is 0 Å². The van der Waals surface area contributed by atoms with Gasteiger partial charge in [0.1, 0.15) is 0 Å². The molecular weight excluding hydrogens is 192 g/mol. The van der Waals surface area contributed by atoms with Gasteiger partial charge in [0.2, 0.25) is 0 Å². The van der Waals surface area contributed by atoms with E-state index in [1.54, 1.807) is 11.3 Å². The van der Waals surface area contributed by atoms with Gasteiger partial charge in [0.15, 0.2) is 0 Å². The van der Waals surface area contributed by atoms with Crippen LogP contribution in [0.1, 0.15) is 17.5 Å². The van der Waals surface area contributed by atoms with Crippen LogP contribution in [0.25, 0.3) is 10.2 Å². The molecule has 2 aromatic rings. The number of fused-ring (bicyclic) bond motifs is 1. The van der Waals surface area contributed by atoms with Crippen LogP contribution in [0, 0.1) is 6.92 Å². The molecule has 1 atom stereocenters. The summed E-state index contributed by atoms with van der Waals surface area (Å²) in [7, 11) is 0. The third-order valence-corrected chi connectivity index (χ3v) is 3.13. The molecule has 0 saturated carbocycles. The van der Waals surface area contributed by atoms with Crippen molar-refractivity contribution < 1.29 is 0 Å². The average molecular weight is 206 g/mol. The van der Waals surface area contributed by atoms with Crippen molar-refractivity contribution in [2.45, 2.75) is 26.3 Å². The number of aryl methyl sites for hydroxylation is 1. The number of hydrogen-bond donors (Lipinski definition) is 1. The van der Waals surface area contributed by atoms with Crippen molar-refractivity contribution in [3.05, 3.63) is 28.8 Å². The lowest BCUT2D eigenvalue weighted by Crippen LogP contribution is -2.17. The molecule has 1 aromatic carbocycles. The van der Waals surface area contributed by atoms with E-state index in [1.807, 2.05) is 6.92 Å². The quantitative estimate of drug-likeness (QED) is 0.820. The van der Waals surface area contributed by atoms with E-state index in [1.165, 1.54) is 10.3 Å². The first kappa shape index (κ1) is 9.62. The van der Waals surface area contributed by atoms with Gasteiger partial charge in [0.05, 0.1) is 15.2 Å². The maximum Gasteiger partial charge on any atom is 0.0953 e. The minimum Gasteiger partial charge on any atom is -0.328 e. The van der Waals surface area contributed by atoms with E-state index in [4.69, 9.17) is 5.73 Å². The first-order chi connectivity index (χ1) is 6.65. The molecule has 0 aliphatic heterocycles. The Balaban J connectivity index is 2.41. The molecule has 0 spiro atoms. The number of aromatic nitrogens is 1. The van der Waals surface area contributed by atoms with Crippen LogP contribution in [-0.2, 0) is 6.42 Å². The number of thiazole rings is 1. The monoisotopic (exact) mass is 206 g/mol. The molecule has 2 rings (SSSR count). The third-order valence-electron chi connectivity index (χ3n) is 2.08. The highest BCUT2D eigenvalue weighted by atomic mass is 32.1. The van der Waals surface area contributed by atoms with Crippen molar-refractivity contribution in [2.24, 2.45) is 5.73 Å². The highest BCUT2D eigenvalue weighted by Gasteiger charge is 2.05. The summed E-state index contributed by atoms with van der Waals surface area (Å²) in [5.74, 6) is 0. The van der Waals surface area contributed by atoms with Crippen LogP contribution in [-0.4, -0.2) is 11.0 Å². The van der Waals surface area contributed by atoms with E-state index in [0.717, 1.165) is 16.9 Å². The maximum atomic E-state index is 5.74. The fourth-order valence-electron chi connectivity index (χ4n) is 1.44. The highest BCUT2D eigenvalue weighted by molar-refractivity contribution is 7.18.